The van der Waals surface area contributed by atoms with Crippen molar-refractivity contribution in [1.29, 1.82) is 0 Å². The molecule has 0 unspecified atom stereocenters. The van der Waals surface area contributed by atoms with Gasteiger partial charge in [-0.3, -0.25) is 4.98 Å². The van der Waals surface area contributed by atoms with Crippen LogP contribution >= 0.6 is 11.3 Å². The zero-order valence-electron chi connectivity index (χ0n) is 12.0. The molecule has 4 heteroatoms. The molecule has 3 nitrogen and oxygen atoms in total. The molecule has 0 aromatic carbocycles. The minimum absolute atomic E-state index is 0.125. The molecule has 0 bridgehead atoms. The van der Waals surface area contributed by atoms with Gasteiger partial charge in [-0.1, -0.05) is 13.0 Å². The van der Waals surface area contributed by atoms with Crippen molar-refractivity contribution in [3.05, 3.63) is 35.0 Å². The van der Waals surface area contributed by atoms with E-state index in [1.165, 1.54) is 10.6 Å². The Morgan fingerprint density at radius 2 is 2.05 bits per heavy atom. The highest BCUT2D eigenvalue weighted by Crippen LogP contribution is 2.27. The second-order valence-electron chi connectivity index (χ2n) is 5.56. The molecular weight excluding hydrogens is 254 g/mol. The van der Waals surface area contributed by atoms with Gasteiger partial charge in [-0.2, -0.15) is 0 Å². The van der Waals surface area contributed by atoms with Crippen LogP contribution in [-0.4, -0.2) is 15.5 Å². The van der Waals surface area contributed by atoms with E-state index in [1.807, 2.05) is 24.4 Å². The zero-order chi connectivity index (χ0) is 13.9. The second-order valence-corrected chi connectivity index (χ2v) is 6.64. The van der Waals surface area contributed by atoms with Crippen molar-refractivity contribution in [1.82, 2.24) is 15.3 Å². The van der Waals surface area contributed by atoms with Crippen molar-refractivity contribution in [3.63, 3.8) is 0 Å². The maximum atomic E-state index is 4.72. The molecule has 0 fully saturated rings. The first kappa shape index (κ1) is 14.2. The molecule has 0 aliphatic rings. The maximum Gasteiger partial charge on any atom is 0.142 e. The summed E-state index contributed by atoms with van der Waals surface area (Å²) in [5.41, 5.74) is 2.27. The van der Waals surface area contributed by atoms with Gasteiger partial charge in [0.05, 0.1) is 11.4 Å². The lowest BCUT2D eigenvalue weighted by Gasteiger charge is -2.20. The molecule has 0 aliphatic heterocycles. The highest BCUT2D eigenvalue weighted by Gasteiger charge is 2.15. The van der Waals surface area contributed by atoms with Gasteiger partial charge in [0.15, 0.2) is 0 Å². The zero-order valence-corrected chi connectivity index (χ0v) is 12.8. The molecule has 19 heavy (non-hydrogen) atoms. The molecule has 0 aliphatic carbocycles. The Kier molecular flexibility index (Phi) is 4.32. The number of pyridine rings is 1. The van der Waals surface area contributed by atoms with Crippen molar-refractivity contribution in [2.24, 2.45) is 0 Å². The van der Waals surface area contributed by atoms with Gasteiger partial charge in [0.25, 0.3) is 0 Å². The molecule has 2 aromatic rings. The summed E-state index contributed by atoms with van der Waals surface area (Å²) in [4.78, 5) is 10.4. The minimum Gasteiger partial charge on any atom is -0.307 e. The molecule has 2 heterocycles. The molecule has 0 spiro atoms. The summed E-state index contributed by atoms with van der Waals surface area (Å²) in [5.74, 6) is 0. The first-order valence-corrected chi connectivity index (χ1v) is 7.46. The minimum atomic E-state index is 0.125. The highest BCUT2D eigenvalue weighted by atomic mass is 32.1. The van der Waals surface area contributed by atoms with Gasteiger partial charge in [-0.25, -0.2) is 4.98 Å². The number of nitrogens with zero attached hydrogens (tertiary/aromatic N) is 2. The summed E-state index contributed by atoms with van der Waals surface area (Å²) in [7, 11) is 0. The second kappa shape index (κ2) is 5.80. The van der Waals surface area contributed by atoms with E-state index < -0.39 is 0 Å². The van der Waals surface area contributed by atoms with Crippen molar-refractivity contribution in [3.8, 4) is 10.7 Å². The van der Waals surface area contributed by atoms with Gasteiger partial charge in [-0.05, 0) is 39.3 Å². The summed E-state index contributed by atoms with van der Waals surface area (Å²) in [6.45, 7) is 9.56. The Morgan fingerprint density at radius 3 is 2.63 bits per heavy atom. The van der Waals surface area contributed by atoms with Crippen LogP contribution in [0.15, 0.2) is 24.4 Å². The molecule has 1 N–H and O–H groups in total. The van der Waals surface area contributed by atoms with E-state index >= 15 is 0 Å². The van der Waals surface area contributed by atoms with Crippen LogP contribution in [0.4, 0.5) is 0 Å². The van der Waals surface area contributed by atoms with Crippen LogP contribution in [0, 0.1) is 0 Å². The lowest BCUT2D eigenvalue weighted by molar-refractivity contribution is 0.425. The van der Waals surface area contributed by atoms with E-state index in [-0.39, 0.29) is 5.54 Å². The Hall–Kier alpha value is -1.26. The lowest BCUT2D eigenvalue weighted by atomic mass is 10.1. The fourth-order valence-electron chi connectivity index (χ4n) is 1.74. The Balaban J connectivity index is 2.23. The smallest absolute Gasteiger partial charge is 0.142 e. The van der Waals surface area contributed by atoms with Crippen molar-refractivity contribution >= 4 is 11.3 Å². The number of hydrogen-bond acceptors (Lipinski definition) is 4. The quantitative estimate of drug-likeness (QED) is 0.925. The third kappa shape index (κ3) is 3.85. The summed E-state index contributed by atoms with van der Waals surface area (Å²) >= 11 is 1.74. The van der Waals surface area contributed by atoms with E-state index in [1.54, 1.807) is 11.3 Å². The molecule has 2 aromatic heterocycles. The fraction of sp³-hybridized carbons (Fsp3) is 0.467. The number of aryl methyl sites for hydroxylation is 1. The van der Waals surface area contributed by atoms with Crippen LogP contribution in [-0.2, 0) is 13.0 Å². The Bertz CT molecular complexity index is 526. The van der Waals surface area contributed by atoms with E-state index in [9.17, 15) is 0 Å². The van der Waals surface area contributed by atoms with Gasteiger partial charge in [0.2, 0.25) is 0 Å². The number of nitrogens with one attached hydrogen (secondary N) is 1. The third-order valence-electron chi connectivity index (χ3n) is 2.78. The summed E-state index contributed by atoms with van der Waals surface area (Å²) in [5, 5.41) is 4.54. The van der Waals surface area contributed by atoms with E-state index in [0.717, 1.165) is 23.7 Å². The van der Waals surface area contributed by atoms with Crippen LogP contribution < -0.4 is 5.32 Å². The molecule has 102 valence electrons. The largest absolute Gasteiger partial charge is 0.307 e. The first-order chi connectivity index (χ1) is 8.99. The molecule has 2 rings (SSSR count). The van der Waals surface area contributed by atoms with Gasteiger partial charge < -0.3 is 5.32 Å². The topological polar surface area (TPSA) is 37.8 Å². The number of hydrogen-bond donors (Lipinski definition) is 1. The highest BCUT2D eigenvalue weighted by molar-refractivity contribution is 7.15. The summed E-state index contributed by atoms with van der Waals surface area (Å²) < 4.78 is 0. The normalized spacial score (nSPS) is 11.8. The number of thiazole rings is 1. The lowest BCUT2D eigenvalue weighted by Crippen LogP contribution is -2.35. The van der Waals surface area contributed by atoms with Gasteiger partial charge in [0.1, 0.15) is 5.01 Å². The van der Waals surface area contributed by atoms with E-state index in [2.05, 4.69) is 38.0 Å². The monoisotopic (exact) mass is 275 g/mol. The van der Waals surface area contributed by atoms with Gasteiger partial charge in [-0.15, -0.1) is 11.3 Å². The average molecular weight is 275 g/mol. The first-order valence-electron chi connectivity index (χ1n) is 6.64. The molecule has 0 amide bonds. The predicted octanol–water partition coefficient (Wildman–Crippen LogP) is 3.66. The van der Waals surface area contributed by atoms with Crippen LogP contribution in [0.2, 0.25) is 0 Å². The number of aromatic nitrogens is 2. The van der Waals surface area contributed by atoms with Gasteiger partial charge in [0, 0.05) is 23.2 Å². The Morgan fingerprint density at radius 1 is 1.26 bits per heavy atom. The van der Waals surface area contributed by atoms with Crippen LogP contribution in [0.3, 0.4) is 0 Å². The summed E-state index contributed by atoms with van der Waals surface area (Å²) in [6, 6.07) is 5.95. The fourth-order valence-corrected chi connectivity index (χ4v) is 2.81. The third-order valence-corrected chi connectivity index (χ3v) is 3.90. The molecule has 0 saturated heterocycles. The average Bonchev–Trinajstić information content (AvgIpc) is 2.80. The van der Waals surface area contributed by atoms with Crippen LogP contribution in [0.5, 0.6) is 0 Å². The SMILES string of the molecule is CCc1nc(-c2ccccn2)sc1CNC(C)(C)C. The standard InChI is InChI=1S/C15H21N3S/c1-5-11-13(10-17-15(2,3)4)19-14(18-11)12-8-6-7-9-16-12/h6-9,17H,5,10H2,1-4H3. The number of rotatable bonds is 4. The molecule has 0 atom stereocenters. The molecule has 0 saturated carbocycles. The van der Waals surface area contributed by atoms with Crippen LogP contribution in [0.25, 0.3) is 10.7 Å². The van der Waals surface area contributed by atoms with E-state index in [4.69, 9.17) is 4.98 Å². The maximum absolute atomic E-state index is 4.72. The van der Waals surface area contributed by atoms with Gasteiger partial charge >= 0.3 is 0 Å². The van der Waals surface area contributed by atoms with Crippen LogP contribution in [0.1, 0.15) is 38.3 Å². The molecular formula is C15H21N3S. The summed E-state index contributed by atoms with van der Waals surface area (Å²) in [6.07, 6.45) is 2.78. The Labute approximate surface area is 119 Å². The van der Waals surface area contributed by atoms with Crippen molar-refractivity contribution in [2.75, 3.05) is 0 Å². The van der Waals surface area contributed by atoms with E-state index in [0.29, 0.717) is 0 Å². The van der Waals surface area contributed by atoms with Crippen molar-refractivity contribution < 1.29 is 0 Å². The predicted molar refractivity (Wildman–Crippen MR) is 81.3 cm³/mol. The van der Waals surface area contributed by atoms with Crippen molar-refractivity contribution in [2.45, 2.75) is 46.2 Å². The molecule has 0 radical (unpaired) electrons.